The van der Waals surface area contributed by atoms with E-state index in [1.54, 1.807) is 12.1 Å². The van der Waals surface area contributed by atoms with Crippen LogP contribution >= 0.6 is 0 Å². The number of aliphatic hydroxyl groups is 1. The van der Waals surface area contributed by atoms with E-state index in [2.05, 4.69) is 4.90 Å². The van der Waals surface area contributed by atoms with Gasteiger partial charge in [-0.25, -0.2) is 4.39 Å². The summed E-state index contributed by atoms with van der Waals surface area (Å²) in [4.78, 5) is 2.26. The molecule has 1 saturated heterocycles. The summed E-state index contributed by atoms with van der Waals surface area (Å²) >= 11 is 0. The van der Waals surface area contributed by atoms with Crippen LogP contribution in [-0.4, -0.2) is 35.0 Å². The van der Waals surface area contributed by atoms with E-state index >= 15 is 0 Å². The molecule has 1 heterocycles. The lowest BCUT2D eigenvalue weighted by atomic mass is 10.1. The Morgan fingerprint density at radius 2 is 2.30 bits per heavy atom. The van der Waals surface area contributed by atoms with Crippen LogP contribution in [0.25, 0.3) is 0 Å². The highest BCUT2D eigenvalue weighted by Gasteiger charge is 2.25. The summed E-state index contributed by atoms with van der Waals surface area (Å²) in [5.74, 6) is -0.615. The molecule has 0 aliphatic carbocycles. The summed E-state index contributed by atoms with van der Waals surface area (Å²) < 4.78 is 14.3. The molecular weight excluding hydrogens is 257 g/mol. The SMILES string of the molecule is N=C(N)c1cccc(CN2CCCC2CCCO)c1F. The van der Waals surface area contributed by atoms with Crippen LogP contribution in [0.4, 0.5) is 4.39 Å². The van der Waals surface area contributed by atoms with Crippen LogP contribution in [0.1, 0.15) is 36.8 Å². The molecule has 1 fully saturated rings. The molecular formula is C15H22FN3O. The Bertz CT molecular complexity index is 478. The van der Waals surface area contributed by atoms with Crippen LogP contribution in [0.15, 0.2) is 18.2 Å². The third kappa shape index (κ3) is 3.35. The van der Waals surface area contributed by atoms with Gasteiger partial charge in [0.1, 0.15) is 11.7 Å². The van der Waals surface area contributed by atoms with Gasteiger partial charge in [0.2, 0.25) is 0 Å². The predicted molar refractivity (Wildman–Crippen MR) is 77.2 cm³/mol. The average Bonchev–Trinajstić information content (AvgIpc) is 2.85. The second-order valence-electron chi connectivity index (χ2n) is 5.32. The third-order valence-electron chi connectivity index (χ3n) is 3.94. The monoisotopic (exact) mass is 279 g/mol. The van der Waals surface area contributed by atoms with Gasteiger partial charge in [-0.05, 0) is 38.3 Å². The number of likely N-dealkylation sites (tertiary alicyclic amines) is 1. The lowest BCUT2D eigenvalue weighted by molar-refractivity contribution is 0.208. The standard InChI is InChI=1S/C15H22FN3O/c16-14-11(4-1-7-13(14)15(17)18)10-19-8-2-5-12(19)6-3-9-20/h1,4,7,12,20H,2-3,5-6,8-10H2,(H3,17,18). The second-order valence-corrected chi connectivity index (χ2v) is 5.32. The number of aliphatic hydroxyl groups excluding tert-OH is 1. The molecule has 4 nitrogen and oxygen atoms in total. The number of hydrogen-bond donors (Lipinski definition) is 3. The number of benzene rings is 1. The Labute approximate surface area is 118 Å². The van der Waals surface area contributed by atoms with Crippen molar-refractivity contribution in [2.45, 2.75) is 38.3 Å². The Hall–Kier alpha value is -1.46. The fraction of sp³-hybridized carbons (Fsp3) is 0.533. The quantitative estimate of drug-likeness (QED) is 0.549. The number of rotatable bonds is 6. The smallest absolute Gasteiger partial charge is 0.138 e. The van der Waals surface area contributed by atoms with Crippen molar-refractivity contribution in [2.75, 3.05) is 13.2 Å². The fourth-order valence-corrected chi connectivity index (χ4v) is 2.89. The predicted octanol–water partition coefficient (Wildman–Crippen LogP) is 1.85. The van der Waals surface area contributed by atoms with E-state index in [1.807, 2.05) is 0 Å². The van der Waals surface area contributed by atoms with Crippen molar-refractivity contribution in [3.8, 4) is 0 Å². The first-order valence-electron chi connectivity index (χ1n) is 7.10. The first-order chi connectivity index (χ1) is 9.63. The molecule has 0 spiro atoms. The van der Waals surface area contributed by atoms with Crippen LogP contribution in [0.3, 0.4) is 0 Å². The number of nitrogens with zero attached hydrogens (tertiary/aromatic N) is 1. The van der Waals surface area contributed by atoms with Gasteiger partial charge in [0.05, 0.1) is 5.56 Å². The second kappa shape index (κ2) is 6.81. The van der Waals surface area contributed by atoms with Gasteiger partial charge in [-0.2, -0.15) is 0 Å². The van der Waals surface area contributed by atoms with Crippen LogP contribution in [0.5, 0.6) is 0 Å². The van der Waals surface area contributed by atoms with E-state index in [1.165, 1.54) is 6.07 Å². The van der Waals surface area contributed by atoms with E-state index in [-0.39, 0.29) is 23.8 Å². The number of hydrogen-bond acceptors (Lipinski definition) is 3. The van der Waals surface area contributed by atoms with E-state index < -0.39 is 0 Å². The summed E-state index contributed by atoms with van der Waals surface area (Å²) in [6.45, 7) is 1.71. The zero-order valence-corrected chi connectivity index (χ0v) is 11.6. The van der Waals surface area contributed by atoms with Crippen LogP contribution in [0.2, 0.25) is 0 Å². The molecule has 1 aromatic rings. The van der Waals surface area contributed by atoms with Gasteiger partial charge in [0.15, 0.2) is 0 Å². The summed E-state index contributed by atoms with van der Waals surface area (Å²) in [6.07, 6.45) is 3.96. The van der Waals surface area contributed by atoms with Gasteiger partial charge in [-0.15, -0.1) is 0 Å². The molecule has 1 unspecified atom stereocenters. The van der Waals surface area contributed by atoms with Gasteiger partial charge < -0.3 is 10.8 Å². The van der Waals surface area contributed by atoms with Crippen molar-refractivity contribution in [1.29, 1.82) is 5.41 Å². The summed E-state index contributed by atoms with van der Waals surface area (Å²) in [5, 5.41) is 16.3. The molecule has 1 atom stereocenters. The minimum atomic E-state index is -0.382. The number of nitrogens with two attached hydrogens (primary N) is 1. The van der Waals surface area contributed by atoms with Crippen molar-refractivity contribution >= 4 is 5.84 Å². The normalized spacial score (nSPS) is 19.4. The average molecular weight is 279 g/mol. The first kappa shape index (κ1) is 14.9. The molecule has 5 heteroatoms. The Morgan fingerprint density at radius 1 is 1.50 bits per heavy atom. The van der Waals surface area contributed by atoms with Crippen molar-refractivity contribution in [3.63, 3.8) is 0 Å². The lowest BCUT2D eigenvalue weighted by Gasteiger charge is -2.24. The molecule has 0 amide bonds. The van der Waals surface area contributed by atoms with Crippen molar-refractivity contribution in [2.24, 2.45) is 5.73 Å². The minimum Gasteiger partial charge on any atom is -0.396 e. The number of halogens is 1. The summed E-state index contributed by atoms with van der Waals surface area (Å²) in [5.41, 5.74) is 6.15. The van der Waals surface area contributed by atoms with Crippen LogP contribution < -0.4 is 5.73 Å². The van der Waals surface area contributed by atoms with E-state index in [9.17, 15) is 4.39 Å². The molecule has 1 aromatic carbocycles. The highest BCUT2D eigenvalue weighted by molar-refractivity contribution is 5.95. The first-order valence-corrected chi connectivity index (χ1v) is 7.10. The van der Waals surface area contributed by atoms with E-state index in [0.717, 1.165) is 32.2 Å². The van der Waals surface area contributed by atoms with Crippen LogP contribution in [0, 0.1) is 11.2 Å². The van der Waals surface area contributed by atoms with Crippen molar-refractivity contribution < 1.29 is 9.50 Å². The maximum absolute atomic E-state index is 14.3. The van der Waals surface area contributed by atoms with E-state index in [4.69, 9.17) is 16.2 Å². The largest absolute Gasteiger partial charge is 0.396 e. The summed E-state index contributed by atoms with van der Waals surface area (Å²) in [6, 6.07) is 5.45. The van der Waals surface area contributed by atoms with Crippen molar-refractivity contribution in [3.05, 3.63) is 35.1 Å². The van der Waals surface area contributed by atoms with Gasteiger partial charge in [-0.1, -0.05) is 12.1 Å². The highest BCUT2D eigenvalue weighted by Crippen LogP contribution is 2.25. The Kier molecular flexibility index (Phi) is 5.09. The maximum Gasteiger partial charge on any atom is 0.138 e. The maximum atomic E-state index is 14.3. The Morgan fingerprint density at radius 3 is 3.00 bits per heavy atom. The molecule has 1 aliphatic heterocycles. The lowest BCUT2D eigenvalue weighted by Crippen LogP contribution is -2.29. The highest BCUT2D eigenvalue weighted by atomic mass is 19.1. The van der Waals surface area contributed by atoms with Gasteiger partial charge in [0, 0.05) is 24.8 Å². The zero-order chi connectivity index (χ0) is 14.5. The van der Waals surface area contributed by atoms with Gasteiger partial charge in [-0.3, -0.25) is 10.3 Å². The topological polar surface area (TPSA) is 73.3 Å². The molecule has 20 heavy (non-hydrogen) atoms. The molecule has 0 radical (unpaired) electrons. The molecule has 110 valence electrons. The molecule has 0 aromatic heterocycles. The number of nitrogen functional groups attached to an aromatic ring is 1. The fourth-order valence-electron chi connectivity index (χ4n) is 2.89. The van der Waals surface area contributed by atoms with Gasteiger partial charge >= 0.3 is 0 Å². The van der Waals surface area contributed by atoms with Crippen LogP contribution in [-0.2, 0) is 6.54 Å². The van der Waals surface area contributed by atoms with E-state index in [0.29, 0.717) is 18.2 Å². The molecule has 2 rings (SSSR count). The van der Waals surface area contributed by atoms with Crippen molar-refractivity contribution in [1.82, 2.24) is 4.90 Å². The zero-order valence-electron chi connectivity index (χ0n) is 11.6. The molecule has 0 saturated carbocycles. The third-order valence-corrected chi connectivity index (χ3v) is 3.94. The molecule has 1 aliphatic rings. The molecule has 4 N–H and O–H groups in total. The Balaban J connectivity index is 2.09. The summed E-state index contributed by atoms with van der Waals surface area (Å²) in [7, 11) is 0. The number of nitrogens with one attached hydrogen (secondary N) is 1. The molecule has 0 bridgehead atoms. The minimum absolute atomic E-state index is 0.175. The van der Waals surface area contributed by atoms with Gasteiger partial charge in [0.25, 0.3) is 0 Å². The number of amidine groups is 1.